The number of nitrogens with one attached hydrogen (secondary N) is 1. The summed E-state index contributed by atoms with van der Waals surface area (Å²) in [5.41, 5.74) is -0.571. The molecule has 1 fully saturated rings. The quantitative estimate of drug-likeness (QED) is 0.139. The minimum Gasteiger partial charge on any atom is -0.459 e. The minimum atomic E-state index is -2.31. The second-order valence-electron chi connectivity index (χ2n) is 12.6. The van der Waals surface area contributed by atoms with E-state index in [1.54, 1.807) is 91.0 Å². The van der Waals surface area contributed by atoms with Gasteiger partial charge in [-0.15, -0.1) is 0 Å². The van der Waals surface area contributed by atoms with E-state index in [0.717, 1.165) is 4.57 Å². The van der Waals surface area contributed by atoms with Gasteiger partial charge in [0, 0.05) is 12.4 Å². The Morgan fingerprint density at radius 1 is 0.776 bits per heavy atom. The maximum absolute atomic E-state index is 14.1. The number of rotatable bonds is 9. The van der Waals surface area contributed by atoms with Crippen LogP contribution in [-0.4, -0.2) is 70.2 Å². The molecule has 1 aliphatic rings. The van der Waals surface area contributed by atoms with Gasteiger partial charge in [-0.25, -0.2) is 19.2 Å². The van der Waals surface area contributed by atoms with Crippen molar-refractivity contribution < 1.29 is 33.3 Å². The lowest BCUT2D eigenvalue weighted by Crippen LogP contribution is -2.48. The lowest BCUT2D eigenvalue weighted by molar-refractivity contribution is -0.0623. The molecule has 49 heavy (non-hydrogen) atoms. The molecule has 0 spiro atoms. The summed E-state index contributed by atoms with van der Waals surface area (Å²) in [5.74, 6) is -2.22. The van der Waals surface area contributed by atoms with Gasteiger partial charge in [0.15, 0.2) is 24.0 Å². The predicted octanol–water partition coefficient (Wildman–Crippen LogP) is 3.17. The number of aromatic amines is 1. The number of fused-ring (bicyclic) bond motifs is 1. The summed E-state index contributed by atoms with van der Waals surface area (Å²) in [4.78, 5) is 67.5. The van der Waals surface area contributed by atoms with Gasteiger partial charge < -0.3 is 18.9 Å². The fraction of sp³-hybridized carbons (Fsp3) is 0.257. The Morgan fingerprint density at radius 3 is 1.78 bits per heavy atom. The second-order valence-corrected chi connectivity index (χ2v) is 17.6. The monoisotopic (exact) mass is 682 g/mol. The number of carbonyl (C=O) groups is 3. The summed E-state index contributed by atoms with van der Waals surface area (Å²) in [6, 6.07) is 24.6. The van der Waals surface area contributed by atoms with E-state index in [1.807, 2.05) is 19.6 Å². The van der Waals surface area contributed by atoms with Crippen molar-refractivity contribution in [1.82, 2.24) is 19.3 Å². The third-order valence-electron chi connectivity index (χ3n) is 8.17. The van der Waals surface area contributed by atoms with Gasteiger partial charge in [0.1, 0.15) is 20.8 Å². The van der Waals surface area contributed by atoms with Crippen LogP contribution in [-0.2, 0) is 26.0 Å². The van der Waals surface area contributed by atoms with Crippen LogP contribution in [0, 0.1) is 0 Å². The maximum Gasteiger partial charge on any atom is 0.338 e. The SMILES string of the molecule is Cn1c(=O)c2n[nH]c([Si](C)(C)C)c2n([C@@H]2O[C@H](COC(=O)c3ccccc3)[C@@H](OC(=O)c3ccccc3)[C@H]2OC(=O)c2ccccc2)c1=O. The van der Waals surface area contributed by atoms with Crippen molar-refractivity contribution >= 4 is 42.3 Å². The zero-order chi connectivity index (χ0) is 34.9. The third-order valence-corrected chi connectivity index (χ3v) is 10.0. The van der Waals surface area contributed by atoms with Gasteiger partial charge in [0.2, 0.25) is 0 Å². The van der Waals surface area contributed by atoms with E-state index in [-0.39, 0.29) is 27.7 Å². The van der Waals surface area contributed by atoms with Gasteiger partial charge in [-0.1, -0.05) is 74.2 Å². The van der Waals surface area contributed by atoms with Crippen LogP contribution >= 0.6 is 0 Å². The number of esters is 3. The Bertz CT molecular complexity index is 2120. The molecule has 1 N–H and O–H groups in total. The first kappa shape index (κ1) is 33.3. The van der Waals surface area contributed by atoms with Crippen LogP contribution in [0.25, 0.3) is 11.0 Å². The average Bonchev–Trinajstić information content (AvgIpc) is 3.70. The van der Waals surface area contributed by atoms with Crippen LogP contribution in [0.2, 0.25) is 19.6 Å². The summed E-state index contributed by atoms with van der Waals surface area (Å²) >= 11 is 0. The fourth-order valence-corrected chi connectivity index (χ4v) is 6.99. The van der Waals surface area contributed by atoms with E-state index in [9.17, 15) is 24.0 Å². The fourth-order valence-electron chi connectivity index (χ4n) is 5.65. The van der Waals surface area contributed by atoms with Crippen LogP contribution in [0.5, 0.6) is 0 Å². The Morgan fingerprint density at radius 2 is 1.27 bits per heavy atom. The Balaban J connectivity index is 1.50. The zero-order valence-corrected chi connectivity index (χ0v) is 28.2. The van der Waals surface area contributed by atoms with Gasteiger partial charge in [-0.05, 0) is 36.4 Å². The number of hydrogen-bond acceptors (Lipinski definition) is 10. The predicted molar refractivity (Wildman–Crippen MR) is 181 cm³/mol. The highest BCUT2D eigenvalue weighted by Crippen LogP contribution is 2.36. The Hall–Kier alpha value is -5.60. The highest BCUT2D eigenvalue weighted by atomic mass is 28.3. The summed E-state index contributed by atoms with van der Waals surface area (Å²) < 4.78 is 26.2. The summed E-state index contributed by atoms with van der Waals surface area (Å²) in [6.45, 7) is 5.58. The van der Waals surface area contributed by atoms with E-state index in [1.165, 1.54) is 11.6 Å². The largest absolute Gasteiger partial charge is 0.459 e. The van der Waals surface area contributed by atoms with E-state index < -0.39 is 68.4 Å². The van der Waals surface area contributed by atoms with E-state index in [4.69, 9.17) is 18.9 Å². The van der Waals surface area contributed by atoms with Crippen molar-refractivity contribution in [1.29, 1.82) is 0 Å². The smallest absolute Gasteiger partial charge is 0.338 e. The van der Waals surface area contributed by atoms with Crippen LogP contribution < -0.4 is 16.6 Å². The van der Waals surface area contributed by atoms with Gasteiger partial charge >= 0.3 is 23.6 Å². The molecule has 3 aromatic carbocycles. The van der Waals surface area contributed by atoms with Gasteiger partial charge in [0.25, 0.3) is 5.56 Å². The molecule has 252 valence electrons. The summed E-state index contributed by atoms with van der Waals surface area (Å²) in [6.07, 6.45) is -5.50. The molecule has 14 heteroatoms. The van der Waals surface area contributed by atoms with E-state index in [2.05, 4.69) is 10.2 Å². The van der Waals surface area contributed by atoms with Crippen LogP contribution in [0.1, 0.15) is 37.3 Å². The molecule has 0 bridgehead atoms. The number of benzene rings is 3. The molecular weight excluding hydrogens is 648 g/mol. The minimum absolute atomic E-state index is 0.0203. The van der Waals surface area contributed by atoms with Crippen molar-refractivity contribution in [2.24, 2.45) is 7.05 Å². The summed E-state index contributed by atoms with van der Waals surface area (Å²) in [5, 5.41) is 7.79. The molecule has 3 heterocycles. The molecule has 0 saturated carbocycles. The van der Waals surface area contributed by atoms with Crippen LogP contribution in [0.4, 0.5) is 0 Å². The van der Waals surface area contributed by atoms with Crippen molar-refractivity contribution in [2.45, 2.75) is 44.2 Å². The molecule has 0 aliphatic carbocycles. The first-order valence-corrected chi connectivity index (χ1v) is 19.1. The van der Waals surface area contributed by atoms with Gasteiger partial charge in [-0.3, -0.25) is 19.0 Å². The standard InChI is InChI=1S/C35H34N4O9Si/c1-38-30(40)25-26(29(37-36-25)49(2,3)4)39(35(38)44)31-28(48-34(43)23-18-12-7-13-19-23)27(47-33(42)22-16-10-6-11-17-22)24(46-31)20-45-32(41)21-14-8-5-9-15-21/h5-19,24,27-28,31H,20H2,1-4H3,(H,36,37)/t24-,27-,28-,31-/m1/s1. The van der Waals surface area contributed by atoms with E-state index in [0.29, 0.717) is 5.32 Å². The molecule has 0 radical (unpaired) electrons. The average molecular weight is 683 g/mol. The molecule has 0 unspecified atom stereocenters. The Labute approximate surface area is 281 Å². The second kappa shape index (κ2) is 13.5. The zero-order valence-electron chi connectivity index (χ0n) is 27.2. The normalized spacial score (nSPS) is 19.0. The number of H-pyrrole nitrogens is 1. The maximum atomic E-state index is 14.1. The molecule has 4 atom stereocenters. The molecule has 5 aromatic rings. The molecule has 1 aliphatic heterocycles. The molecule has 6 rings (SSSR count). The lowest BCUT2D eigenvalue weighted by atomic mass is 10.1. The summed E-state index contributed by atoms with van der Waals surface area (Å²) in [7, 11) is -1.01. The molecule has 0 amide bonds. The number of ether oxygens (including phenoxy) is 4. The lowest BCUT2D eigenvalue weighted by Gasteiger charge is -2.26. The van der Waals surface area contributed by atoms with Gasteiger partial charge in [0.05, 0.1) is 22.2 Å². The van der Waals surface area contributed by atoms with Crippen molar-refractivity contribution in [3.8, 4) is 0 Å². The molecule has 1 saturated heterocycles. The number of hydrogen-bond donors (Lipinski definition) is 1. The van der Waals surface area contributed by atoms with Gasteiger partial charge in [-0.2, -0.15) is 5.10 Å². The van der Waals surface area contributed by atoms with Crippen LogP contribution in [0.3, 0.4) is 0 Å². The first-order chi connectivity index (χ1) is 23.5. The van der Waals surface area contributed by atoms with Crippen molar-refractivity contribution in [3.05, 3.63) is 129 Å². The molecular formula is C35H34N4O9Si. The molecule has 2 aromatic heterocycles. The van der Waals surface area contributed by atoms with Crippen molar-refractivity contribution in [2.75, 3.05) is 6.61 Å². The number of aromatic nitrogens is 4. The highest BCUT2D eigenvalue weighted by molar-refractivity contribution is 6.89. The first-order valence-electron chi connectivity index (χ1n) is 15.6. The van der Waals surface area contributed by atoms with Crippen LogP contribution in [0.15, 0.2) is 101 Å². The highest BCUT2D eigenvalue weighted by Gasteiger charge is 2.52. The Kier molecular flexibility index (Phi) is 9.17. The molecule has 13 nitrogen and oxygen atoms in total. The number of carbonyl (C=O) groups excluding carboxylic acids is 3. The van der Waals surface area contributed by atoms with E-state index >= 15 is 0 Å². The number of nitrogens with zero attached hydrogens (tertiary/aromatic N) is 3. The topological polar surface area (TPSA) is 161 Å². The third kappa shape index (κ3) is 6.60. The van der Waals surface area contributed by atoms with Crippen molar-refractivity contribution in [3.63, 3.8) is 0 Å².